The van der Waals surface area contributed by atoms with Gasteiger partial charge in [0.1, 0.15) is 5.75 Å². The third-order valence-electron chi connectivity index (χ3n) is 1.75. The number of carbonyl (C=O) groups is 1. The first-order valence-corrected chi connectivity index (χ1v) is 4.41. The van der Waals surface area contributed by atoms with Gasteiger partial charge in [-0.3, -0.25) is 4.79 Å². The Hall–Kier alpha value is -1.72. The number of carboxylic acids is 1. The molecular weight excluding hydrogens is 225 g/mol. The zero-order chi connectivity index (χ0) is 12.2. The molecule has 0 amide bonds. The van der Waals surface area contributed by atoms with Crippen LogP contribution in [-0.4, -0.2) is 17.7 Å². The van der Waals surface area contributed by atoms with E-state index in [2.05, 4.69) is 0 Å². The fourth-order valence-electron chi connectivity index (χ4n) is 1.02. The molecule has 0 atom stereocenters. The molecule has 1 rings (SSSR count). The fraction of sp³-hybridized carbons (Fsp3) is 0.300. The van der Waals surface area contributed by atoms with Crippen molar-refractivity contribution in [3.05, 3.63) is 29.8 Å². The molecule has 0 radical (unpaired) electrons. The second-order valence-corrected chi connectivity index (χ2v) is 3.02. The van der Waals surface area contributed by atoms with Crippen LogP contribution in [0.3, 0.4) is 0 Å². The summed E-state index contributed by atoms with van der Waals surface area (Å²) < 4.78 is 41.7. The summed E-state index contributed by atoms with van der Waals surface area (Å²) in [4.78, 5) is 10.2. The molecule has 0 fully saturated rings. The van der Waals surface area contributed by atoms with E-state index in [1.54, 1.807) is 0 Å². The predicted molar refractivity (Wildman–Crippen MR) is 49.2 cm³/mol. The largest absolute Gasteiger partial charge is 0.493 e. The van der Waals surface area contributed by atoms with Crippen molar-refractivity contribution in [3.63, 3.8) is 0 Å². The van der Waals surface area contributed by atoms with E-state index in [9.17, 15) is 18.0 Å². The Kier molecular flexibility index (Phi) is 3.76. The van der Waals surface area contributed by atoms with Crippen LogP contribution < -0.4 is 4.74 Å². The number of halogens is 3. The second-order valence-electron chi connectivity index (χ2n) is 3.02. The minimum absolute atomic E-state index is 0.0103. The van der Waals surface area contributed by atoms with Gasteiger partial charge in [0, 0.05) is 0 Å². The van der Waals surface area contributed by atoms with Crippen molar-refractivity contribution in [1.82, 2.24) is 0 Å². The SMILES string of the molecule is O=C(O)CCOc1cccc(C(F)(F)F)c1. The van der Waals surface area contributed by atoms with Crippen molar-refractivity contribution < 1.29 is 27.8 Å². The van der Waals surface area contributed by atoms with Crippen LogP contribution in [0.15, 0.2) is 24.3 Å². The molecule has 0 saturated carbocycles. The van der Waals surface area contributed by atoms with Gasteiger partial charge >= 0.3 is 12.1 Å². The Labute approximate surface area is 89.5 Å². The Morgan fingerprint density at radius 2 is 2.06 bits per heavy atom. The van der Waals surface area contributed by atoms with Crippen LogP contribution in [0.4, 0.5) is 13.2 Å². The molecule has 1 N–H and O–H groups in total. The van der Waals surface area contributed by atoms with Gasteiger partial charge in [0.2, 0.25) is 0 Å². The van der Waals surface area contributed by atoms with Crippen LogP contribution in [0.1, 0.15) is 12.0 Å². The lowest BCUT2D eigenvalue weighted by Gasteiger charge is -2.09. The van der Waals surface area contributed by atoms with E-state index in [4.69, 9.17) is 9.84 Å². The van der Waals surface area contributed by atoms with Gasteiger partial charge in [-0.1, -0.05) is 6.07 Å². The maximum absolute atomic E-state index is 12.3. The van der Waals surface area contributed by atoms with E-state index in [1.165, 1.54) is 12.1 Å². The van der Waals surface area contributed by atoms with E-state index < -0.39 is 17.7 Å². The molecule has 0 aliphatic carbocycles. The van der Waals surface area contributed by atoms with Gasteiger partial charge in [0.25, 0.3) is 0 Å². The van der Waals surface area contributed by atoms with Crippen LogP contribution in [0.2, 0.25) is 0 Å². The summed E-state index contributed by atoms with van der Waals surface area (Å²) in [6, 6.07) is 4.31. The average Bonchev–Trinajstić information content (AvgIpc) is 2.16. The first-order chi connectivity index (χ1) is 7.39. The molecule has 0 heterocycles. The maximum atomic E-state index is 12.3. The van der Waals surface area contributed by atoms with Gasteiger partial charge in [-0.25, -0.2) is 0 Å². The first-order valence-electron chi connectivity index (χ1n) is 4.41. The normalized spacial score (nSPS) is 11.2. The van der Waals surface area contributed by atoms with Crippen molar-refractivity contribution in [2.24, 2.45) is 0 Å². The number of hydrogen-bond donors (Lipinski definition) is 1. The van der Waals surface area contributed by atoms with Crippen molar-refractivity contribution in [1.29, 1.82) is 0 Å². The summed E-state index contributed by atoms with van der Waals surface area (Å²) in [7, 11) is 0. The molecular formula is C10H9F3O3. The van der Waals surface area contributed by atoms with E-state index in [0.717, 1.165) is 12.1 Å². The summed E-state index contributed by atoms with van der Waals surface area (Å²) in [6.45, 7) is -0.156. The van der Waals surface area contributed by atoms with Crippen molar-refractivity contribution in [3.8, 4) is 5.75 Å². The molecule has 0 aliphatic heterocycles. The number of alkyl halides is 3. The highest BCUT2D eigenvalue weighted by Gasteiger charge is 2.30. The van der Waals surface area contributed by atoms with E-state index in [1.807, 2.05) is 0 Å². The summed E-state index contributed by atoms with van der Waals surface area (Å²) in [6.07, 6.45) is -4.68. The topological polar surface area (TPSA) is 46.5 Å². The Morgan fingerprint density at radius 1 is 1.38 bits per heavy atom. The Balaban J connectivity index is 2.64. The fourth-order valence-corrected chi connectivity index (χ4v) is 1.02. The number of ether oxygens (including phenoxy) is 1. The number of rotatable bonds is 4. The van der Waals surface area contributed by atoms with Gasteiger partial charge in [-0.05, 0) is 18.2 Å². The Bertz CT molecular complexity index is 374. The minimum Gasteiger partial charge on any atom is -0.493 e. The average molecular weight is 234 g/mol. The van der Waals surface area contributed by atoms with Crippen LogP contribution in [0.25, 0.3) is 0 Å². The highest BCUT2D eigenvalue weighted by Crippen LogP contribution is 2.31. The molecule has 88 valence electrons. The number of hydrogen-bond acceptors (Lipinski definition) is 2. The molecule has 1 aromatic rings. The highest BCUT2D eigenvalue weighted by molar-refractivity contribution is 5.66. The van der Waals surface area contributed by atoms with Gasteiger partial charge in [-0.2, -0.15) is 13.2 Å². The van der Waals surface area contributed by atoms with Crippen molar-refractivity contribution >= 4 is 5.97 Å². The number of carboxylic acid groups (broad SMARTS) is 1. The minimum atomic E-state index is -4.42. The van der Waals surface area contributed by atoms with E-state index >= 15 is 0 Å². The molecule has 3 nitrogen and oxygen atoms in total. The molecule has 1 aromatic carbocycles. The third kappa shape index (κ3) is 3.80. The lowest BCUT2D eigenvalue weighted by atomic mass is 10.2. The van der Waals surface area contributed by atoms with Gasteiger partial charge in [0.15, 0.2) is 0 Å². The lowest BCUT2D eigenvalue weighted by Crippen LogP contribution is -2.07. The molecule has 0 saturated heterocycles. The summed E-state index contributed by atoms with van der Waals surface area (Å²) in [5, 5.41) is 8.32. The monoisotopic (exact) mass is 234 g/mol. The molecule has 0 bridgehead atoms. The van der Waals surface area contributed by atoms with E-state index in [-0.39, 0.29) is 18.8 Å². The van der Waals surface area contributed by atoms with Gasteiger partial charge in [-0.15, -0.1) is 0 Å². The van der Waals surface area contributed by atoms with Crippen molar-refractivity contribution in [2.45, 2.75) is 12.6 Å². The van der Waals surface area contributed by atoms with Crippen LogP contribution in [0, 0.1) is 0 Å². The Morgan fingerprint density at radius 3 is 2.62 bits per heavy atom. The summed E-state index contributed by atoms with van der Waals surface area (Å²) in [5.74, 6) is -1.05. The smallest absolute Gasteiger partial charge is 0.416 e. The molecule has 16 heavy (non-hydrogen) atoms. The summed E-state index contributed by atoms with van der Waals surface area (Å²) >= 11 is 0. The first kappa shape index (κ1) is 12.4. The standard InChI is InChI=1S/C10H9F3O3/c11-10(12,13)7-2-1-3-8(6-7)16-5-4-9(14)15/h1-3,6H,4-5H2,(H,14,15). The molecule has 6 heteroatoms. The molecule has 0 spiro atoms. The zero-order valence-corrected chi connectivity index (χ0v) is 8.12. The molecule has 0 aliphatic rings. The quantitative estimate of drug-likeness (QED) is 0.870. The molecule has 0 aromatic heterocycles. The van der Waals surface area contributed by atoms with Crippen LogP contribution in [-0.2, 0) is 11.0 Å². The summed E-state index contributed by atoms with van der Waals surface area (Å²) in [5.41, 5.74) is -0.819. The van der Waals surface area contributed by atoms with Crippen LogP contribution >= 0.6 is 0 Å². The number of benzene rings is 1. The molecule has 0 unspecified atom stereocenters. The highest BCUT2D eigenvalue weighted by atomic mass is 19.4. The van der Waals surface area contributed by atoms with Gasteiger partial charge < -0.3 is 9.84 Å². The van der Waals surface area contributed by atoms with Gasteiger partial charge in [0.05, 0.1) is 18.6 Å². The third-order valence-corrected chi connectivity index (χ3v) is 1.75. The number of aliphatic carboxylic acids is 1. The zero-order valence-electron chi connectivity index (χ0n) is 8.12. The van der Waals surface area contributed by atoms with Crippen molar-refractivity contribution in [2.75, 3.05) is 6.61 Å². The van der Waals surface area contributed by atoms with Crippen LogP contribution in [0.5, 0.6) is 5.75 Å². The second kappa shape index (κ2) is 4.87. The predicted octanol–water partition coefficient (Wildman–Crippen LogP) is 2.56. The lowest BCUT2D eigenvalue weighted by molar-refractivity contribution is -0.139. The van der Waals surface area contributed by atoms with E-state index in [0.29, 0.717) is 0 Å². The maximum Gasteiger partial charge on any atom is 0.416 e.